The zero-order valence-electron chi connectivity index (χ0n) is 9.56. The van der Waals surface area contributed by atoms with Crippen molar-refractivity contribution >= 4 is 11.8 Å². The molecule has 16 heavy (non-hydrogen) atoms. The zero-order valence-corrected chi connectivity index (χ0v) is 10.4. The molecule has 1 aliphatic rings. The van der Waals surface area contributed by atoms with E-state index in [9.17, 15) is 0 Å². The van der Waals surface area contributed by atoms with Crippen molar-refractivity contribution in [2.45, 2.75) is 49.7 Å². The summed E-state index contributed by atoms with van der Waals surface area (Å²) < 4.78 is 0. The normalized spacial score (nSPS) is 17.6. The van der Waals surface area contributed by atoms with Gasteiger partial charge in [-0.05, 0) is 18.9 Å². The second-order valence-electron chi connectivity index (χ2n) is 4.24. The summed E-state index contributed by atoms with van der Waals surface area (Å²) in [4.78, 5) is 8.70. The smallest absolute Gasteiger partial charge is 0.138 e. The quantitative estimate of drug-likeness (QED) is 0.874. The predicted octanol–water partition coefficient (Wildman–Crippen LogP) is 2.50. The molecule has 1 saturated carbocycles. The number of hydrogen-bond acceptors (Lipinski definition) is 4. The molecule has 88 valence electrons. The summed E-state index contributed by atoms with van der Waals surface area (Å²) in [5.41, 5.74) is 6.50. The van der Waals surface area contributed by atoms with Crippen molar-refractivity contribution in [2.24, 2.45) is 5.73 Å². The molecule has 3 nitrogen and oxygen atoms in total. The summed E-state index contributed by atoms with van der Waals surface area (Å²) in [5.74, 6) is 1.86. The van der Waals surface area contributed by atoms with Crippen LogP contribution in [0.25, 0.3) is 0 Å². The highest BCUT2D eigenvalue weighted by molar-refractivity contribution is 7.99. The Labute approximate surface area is 101 Å². The zero-order chi connectivity index (χ0) is 11.2. The number of hydrogen-bond donors (Lipinski definition) is 1. The van der Waals surface area contributed by atoms with E-state index in [-0.39, 0.29) is 0 Å². The van der Waals surface area contributed by atoms with Crippen LogP contribution >= 0.6 is 11.8 Å². The summed E-state index contributed by atoms with van der Waals surface area (Å²) in [5, 5.41) is 0.818. The van der Waals surface area contributed by atoms with Crippen LogP contribution in [0, 0.1) is 0 Å². The number of rotatable bonds is 4. The van der Waals surface area contributed by atoms with Crippen LogP contribution in [0.5, 0.6) is 0 Å². The Kier molecular flexibility index (Phi) is 4.60. The monoisotopic (exact) mass is 237 g/mol. The van der Waals surface area contributed by atoms with Crippen molar-refractivity contribution in [3.8, 4) is 0 Å². The SMILES string of the molecule is NCc1ccnc(CSC2CCCCC2)n1. The second kappa shape index (κ2) is 6.21. The van der Waals surface area contributed by atoms with Crippen LogP contribution in [0.4, 0.5) is 0 Å². The van der Waals surface area contributed by atoms with Crippen molar-refractivity contribution in [1.29, 1.82) is 0 Å². The summed E-state index contributed by atoms with van der Waals surface area (Å²) in [6, 6.07) is 1.88. The fourth-order valence-electron chi connectivity index (χ4n) is 2.05. The van der Waals surface area contributed by atoms with Crippen LogP contribution in [0.2, 0.25) is 0 Å². The molecule has 1 heterocycles. The maximum absolute atomic E-state index is 5.56. The van der Waals surface area contributed by atoms with E-state index in [2.05, 4.69) is 9.97 Å². The third-order valence-electron chi connectivity index (χ3n) is 2.97. The molecule has 0 aromatic carbocycles. The van der Waals surface area contributed by atoms with Crippen LogP contribution in [0.3, 0.4) is 0 Å². The number of nitrogens with zero attached hydrogens (tertiary/aromatic N) is 2. The maximum Gasteiger partial charge on any atom is 0.138 e. The molecule has 1 fully saturated rings. The molecule has 0 unspecified atom stereocenters. The van der Waals surface area contributed by atoms with Gasteiger partial charge in [-0.25, -0.2) is 9.97 Å². The molecule has 2 N–H and O–H groups in total. The highest BCUT2D eigenvalue weighted by Gasteiger charge is 2.14. The van der Waals surface area contributed by atoms with Crippen LogP contribution in [0.1, 0.15) is 43.6 Å². The van der Waals surface area contributed by atoms with Crippen LogP contribution in [-0.4, -0.2) is 15.2 Å². The first-order valence-electron chi connectivity index (χ1n) is 6.01. The van der Waals surface area contributed by atoms with Gasteiger partial charge in [0.15, 0.2) is 0 Å². The highest BCUT2D eigenvalue weighted by atomic mass is 32.2. The third kappa shape index (κ3) is 3.46. The summed E-state index contributed by atoms with van der Waals surface area (Å²) in [7, 11) is 0. The number of aromatic nitrogens is 2. The largest absolute Gasteiger partial charge is 0.325 e. The average Bonchev–Trinajstić information content (AvgIpc) is 2.38. The molecule has 0 aliphatic heterocycles. The van der Waals surface area contributed by atoms with Gasteiger partial charge < -0.3 is 5.73 Å². The van der Waals surface area contributed by atoms with Crippen LogP contribution < -0.4 is 5.73 Å². The lowest BCUT2D eigenvalue weighted by atomic mass is 10.0. The van der Waals surface area contributed by atoms with Gasteiger partial charge in [-0.15, -0.1) is 0 Å². The minimum atomic E-state index is 0.504. The van der Waals surface area contributed by atoms with Gasteiger partial charge in [0, 0.05) is 18.0 Å². The molecule has 4 heteroatoms. The standard InChI is InChI=1S/C12H19N3S/c13-8-10-6-7-14-12(15-10)9-16-11-4-2-1-3-5-11/h6-7,11H,1-5,8-9,13H2. The van der Waals surface area contributed by atoms with Gasteiger partial charge in [0.25, 0.3) is 0 Å². The Hall–Kier alpha value is -0.610. The fourth-order valence-corrected chi connectivity index (χ4v) is 3.24. The Bertz CT molecular complexity index is 324. The lowest BCUT2D eigenvalue weighted by Gasteiger charge is -2.20. The van der Waals surface area contributed by atoms with Gasteiger partial charge in [-0.2, -0.15) is 11.8 Å². The number of thioether (sulfide) groups is 1. The Balaban J connectivity index is 1.83. The fraction of sp³-hybridized carbons (Fsp3) is 0.667. The van der Waals surface area contributed by atoms with Gasteiger partial charge in [0.05, 0.1) is 11.4 Å². The first-order valence-corrected chi connectivity index (χ1v) is 7.06. The molecule has 0 saturated heterocycles. The predicted molar refractivity (Wildman–Crippen MR) is 68.1 cm³/mol. The molecule has 0 radical (unpaired) electrons. The Morgan fingerprint density at radius 1 is 1.31 bits per heavy atom. The van der Waals surface area contributed by atoms with Gasteiger partial charge in [0.2, 0.25) is 0 Å². The van der Waals surface area contributed by atoms with Crippen molar-refractivity contribution in [2.75, 3.05) is 0 Å². The first kappa shape index (κ1) is 11.9. The van der Waals surface area contributed by atoms with E-state index in [1.54, 1.807) is 0 Å². The van der Waals surface area contributed by atoms with E-state index in [1.807, 2.05) is 24.0 Å². The molecule has 0 amide bonds. The summed E-state index contributed by atoms with van der Waals surface area (Å²) in [6.07, 6.45) is 8.73. The van der Waals surface area contributed by atoms with E-state index in [4.69, 9.17) is 5.73 Å². The molecule has 0 bridgehead atoms. The van der Waals surface area contributed by atoms with Gasteiger partial charge in [0.1, 0.15) is 5.82 Å². The molecule has 1 aromatic heterocycles. The van der Waals surface area contributed by atoms with Gasteiger partial charge >= 0.3 is 0 Å². The minimum Gasteiger partial charge on any atom is -0.325 e. The van der Waals surface area contributed by atoms with Crippen molar-refractivity contribution in [1.82, 2.24) is 9.97 Å². The van der Waals surface area contributed by atoms with Crippen LogP contribution in [-0.2, 0) is 12.3 Å². The van der Waals surface area contributed by atoms with Crippen molar-refractivity contribution in [3.05, 3.63) is 23.8 Å². The average molecular weight is 237 g/mol. The van der Waals surface area contributed by atoms with Crippen molar-refractivity contribution in [3.63, 3.8) is 0 Å². The van der Waals surface area contributed by atoms with E-state index < -0.39 is 0 Å². The van der Waals surface area contributed by atoms with Gasteiger partial charge in [-0.1, -0.05) is 19.3 Å². The van der Waals surface area contributed by atoms with Crippen molar-refractivity contribution < 1.29 is 0 Å². The lowest BCUT2D eigenvalue weighted by Crippen LogP contribution is -2.09. The third-order valence-corrected chi connectivity index (χ3v) is 4.34. The first-order chi connectivity index (χ1) is 7.88. The lowest BCUT2D eigenvalue weighted by molar-refractivity contribution is 0.516. The summed E-state index contributed by atoms with van der Waals surface area (Å²) in [6.45, 7) is 0.504. The molecule has 0 atom stereocenters. The molecule has 0 spiro atoms. The minimum absolute atomic E-state index is 0.504. The Morgan fingerprint density at radius 3 is 2.88 bits per heavy atom. The highest BCUT2D eigenvalue weighted by Crippen LogP contribution is 2.29. The molecular weight excluding hydrogens is 218 g/mol. The molecule has 1 aliphatic carbocycles. The topological polar surface area (TPSA) is 51.8 Å². The van der Waals surface area contributed by atoms with E-state index >= 15 is 0 Å². The molecule has 1 aromatic rings. The molecular formula is C12H19N3S. The molecule has 2 rings (SSSR count). The second-order valence-corrected chi connectivity index (χ2v) is 5.53. The van der Waals surface area contributed by atoms with E-state index in [0.717, 1.165) is 22.5 Å². The number of nitrogens with two attached hydrogens (primary N) is 1. The Morgan fingerprint density at radius 2 is 2.12 bits per heavy atom. The van der Waals surface area contributed by atoms with E-state index in [1.165, 1.54) is 32.1 Å². The maximum atomic E-state index is 5.56. The van der Waals surface area contributed by atoms with Gasteiger partial charge in [-0.3, -0.25) is 0 Å². The summed E-state index contributed by atoms with van der Waals surface area (Å²) >= 11 is 2.00. The van der Waals surface area contributed by atoms with Crippen LogP contribution in [0.15, 0.2) is 12.3 Å². The van der Waals surface area contributed by atoms with E-state index in [0.29, 0.717) is 6.54 Å².